The number of piperidine rings is 1. The number of carboxylic acid groups (broad SMARTS) is 2. The van der Waals surface area contributed by atoms with Gasteiger partial charge in [-0.2, -0.15) is 0 Å². The number of likely N-dealkylation sites (tertiary alicyclic amines) is 1. The van der Waals surface area contributed by atoms with Crippen molar-refractivity contribution in [1.82, 2.24) is 9.88 Å². The third-order valence-electron chi connectivity index (χ3n) is 5.73. The van der Waals surface area contributed by atoms with Gasteiger partial charge in [0.1, 0.15) is 11.9 Å². The minimum atomic E-state index is -0.383. The first-order chi connectivity index (χ1) is 16.4. The Kier molecular flexibility index (Phi) is 10.9. The van der Waals surface area contributed by atoms with Crippen LogP contribution in [0.1, 0.15) is 24.1 Å². The molecular weight excluding hydrogens is 442 g/mol. The molecule has 1 amide bonds. The summed E-state index contributed by atoms with van der Waals surface area (Å²) in [4.78, 5) is 36.0. The van der Waals surface area contributed by atoms with E-state index in [0.717, 1.165) is 49.6 Å². The van der Waals surface area contributed by atoms with Gasteiger partial charge in [-0.3, -0.25) is 24.3 Å². The summed E-state index contributed by atoms with van der Waals surface area (Å²) in [6.45, 7) is 4.15. The molecule has 0 aliphatic carbocycles. The topological polar surface area (TPSA) is 138 Å². The largest absolute Gasteiger partial charge is 0.497 e. The number of rotatable bonds is 5. The maximum absolute atomic E-state index is 12.7. The van der Waals surface area contributed by atoms with Crippen molar-refractivity contribution in [3.8, 4) is 5.75 Å². The molecule has 184 valence electrons. The van der Waals surface area contributed by atoms with Gasteiger partial charge in [0, 0.05) is 19.3 Å². The van der Waals surface area contributed by atoms with Gasteiger partial charge in [-0.05, 0) is 62.1 Å². The van der Waals surface area contributed by atoms with Gasteiger partial charge in [-0.15, -0.1) is 0 Å². The minimum absolute atomic E-state index is 0.0650. The lowest BCUT2D eigenvalue weighted by Crippen LogP contribution is -2.41. The molecule has 0 bridgehead atoms. The molecule has 2 aliphatic rings. The molecule has 3 atom stereocenters. The van der Waals surface area contributed by atoms with Crippen molar-refractivity contribution in [1.29, 1.82) is 0 Å². The second-order valence-corrected chi connectivity index (χ2v) is 7.87. The number of anilines is 1. The fourth-order valence-electron chi connectivity index (χ4n) is 4.17. The Balaban J connectivity index is 0.000000618. The van der Waals surface area contributed by atoms with E-state index >= 15 is 0 Å². The SMILES string of the molecule is COc1cccc(CN2CC[C@H]3C[C@H](C(=O)Nc4cccnc4C)O[C@@H]3C2)c1.O=CO.O=CO. The predicted octanol–water partition coefficient (Wildman–Crippen LogP) is 2.42. The first-order valence-electron chi connectivity index (χ1n) is 10.8. The summed E-state index contributed by atoms with van der Waals surface area (Å²) in [5.41, 5.74) is 2.80. The van der Waals surface area contributed by atoms with Gasteiger partial charge < -0.3 is 25.0 Å². The molecule has 4 rings (SSSR count). The normalized spacial score (nSPS) is 20.9. The van der Waals surface area contributed by atoms with Crippen LogP contribution in [0, 0.1) is 12.8 Å². The van der Waals surface area contributed by atoms with Crippen LogP contribution in [-0.4, -0.2) is 71.4 Å². The third-order valence-corrected chi connectivity index (χ3v) is 5.73. The first-order valence-corrected chi connectivity index (χ1v) is 10.8. The molecule has 1 aromatic carbocycles. The van der Waals surface area contributed by atoms with Gasteiger partial charge in [0.05, 0.1) is 24.6 Å². The summed E-state index contributed by atoms with van der Waals surface area (Å²) in [6, 6.07) is 11.9. The molecule has 0 saturated carbocycles. The van der Waals surface area contributed by atoms with Gasteiger partial charge in [-0.25, -0.2) is 0 Å². The van der Waals surface area contributed by atoms with E-state index in [1.54, 1.807) is 13.3 Å². The summed E-state index contributed by atoms with van der Waals surface area (Å²) < 4.78 is 11.5. The molecule has 1 aromatic heterocycles. The quantitative estimate of drug-likeness (QED) is 0.559. The summed E-state index contributed by atoms with van der Waals surface area (Å²) in [5, 5.41) is 16.7. The van der Waals surface area contributed by atoms with Crippen LogP contribution in [0.3, 0.4) is 0 Å². The Bertz CT molecular complexity index is 934. The highest BCUT2D eigenvalue weighted by Crippen LogP contribution is 2.34. The number of aryl methyl sites for hydroxylation is 1. The number of fused-ring (bicyclic) bond motifs is 1. The molecule has 2 aromatic rings. The van der Waals surface area contributed by atoms with E-state index in [1.807, 2.05) is 31.2 Å². The molecule has 3 heterocycles. The number of benzene rings is 1. The van der Waals surface area contributed by atoms with E-state index in [-0.39, 0.29) is 31.1 Å². The Hall–Kier alpha value is -3.50. The Morgan fingerprint density at radius 3 is 2.68 bits per heavy atom. The Labute approximate surface area is 198 Å². The fraction of sp³-hybridized carbons (Fsp3) is 0.417. The molecule has 0 unspecified atom stereocenters. The zero-order valence-electron chi connectivity index (χ0n) is 19.3. The zero-order chi connectivity index (χ0) is 24.9. The lowest BCUT2D eigenvalue weighted by Gasteiger charge is -2.34. The van der Waals surface area contributed by atoms with Gasteiger partial charge in [0.2, 0.25) is 0 Å². The molecule has 3 N–H and O–H groups in total. The standard InChI is InChI=1S/C22H27N3O3.2CH2O2/c1-15-19(7-4-9-23-15)24-22(26)20-12-17-8-10-25(14-21(17)28-20)13-16-5-3-6-18(11-16)27-2;2*2-1-3/h3-7,9,11,17,20-21H,8,10,12-14H2,1-2H3,(H,24,26);2*1H,(H,2,3)/t17-,20+,21+;;/m0../s1. The first kappa shape index (κ1) is 26.7. The Morgan fingerprint density at radius 1 is 1.26 bits per heavy atom. The predicted molar refractivity (Wildman–Crippen MR) is 125 cm³/mol. The van der Waals surface area contributed by atoms with Crippen molar-refractivity contribution in [3.05, 3.63) is 53.9 Å². The number of hydrogen-bond donors (Lipinski definition) is 3. The number of carbonyl (C=O) groups excluding carboxylic acids is 1. The van der Waals surface area contributed by atoms with Gasteiger partial charge in [0.25, 0.3) is 18.9 Å². The van der Waals surface area contributed by atoms with Crippen LogP contribution in [0.15, 0.2) is 42.6 Å². The van der Waals surface area contributed by atoms with Crippen molar-refractivity contribution in [3.63, 3.8) is 0 Å². The fourth-order valence-corrected chi connectivity index (χ4v) is 4.17. The number of pyridine rings is 1. The minimum Gasteiger partial charge on any atom is -0.497 e. The van der Waals surface area contributed by atoms with Crippen LogP contribution in [0.4, 0.5) is 5.69 Å². The van der Waals surface area contributed by atoms with Crippen molar-refractivity contribution in [2.75, 3.05) is 25.5 Å². The van der Waals surface area contributed by atoms with Gasteiger partial charge in [0.15, 0.2) is 0 Å². The smallest absolute Gasteiger partial charge is 0.290 e. The molecule has 2 aliphatic heterocycles. The molecule has 34 heavy (non-hydrogen) atoms. The molecular formula is C24H31N3O7. The molecule has 10 nitrogen and oxygen atoms in total. The van der Waals surface area contributed by atoms with Crippen LogP contribution < -0.4 is 10.1 Å². The number of aromatic nitrogens is 1. The monoisotopic (exact) mass is 473 g/mol. The van der Waals surface area contributed by atoms with Crippen LogP contribution in [-0.2, 0) is 25.7 Å². The summed E-state index contributed by atoms with van der Waals surface area (Å²) in [7, 11) is 1.69. The number of hydrogen-bond acceptors (Lipinski definition) is 7. The third kappa shape index (κ3) is 7.82. The van der Waals surface area contributed by atoms with Crippen molar-refractivity contribution < 1.29 is 34.1 Å². The number of amides is 1. The number of methoxy groups -OCH3 is 1. The molecule has 10 heteroatoms. The number of ether oxygens (including phenoxy) is 2. The molecule has 0 spiro atoms. The average molecular weight is 474 g/mol. The van der Waals surface area contributed by atoms with Crippen LogP contribution in [0.5, 0.6) is 5.75 Å². The van der Waals surface area contributed by atoms with E-state index < -0.39 is 0 Å². The van der Waals surface area contributed by atoms with E-state index in [2.05, 4.69) is 27.3 Å². The summed E-state index contributed by atoms with van der Waals surface area (Å²) in [5.74, 6) is 1.27. The maximum atomic E-state index is 12.7. The van der Waals surface area contributed by atoms with E-state index in [9.17, 15) is 4.79 Å². The van der Waals surface area contributed by atoms with Crippen LogP contribution in [0.2, 0.25) is 0 Å². The highest BCUT2D eigenvalue weighted by atomic mass is 16.5. The number of nitrogens with zero attached hydrogens (tertiary/aromatic N) is 2. The van der Waals surface area contributed by atoms with Crippen molar-refractivity contribution in [2.24, 2.45) is 5.92 Å². The van der Waals surface area contributed by atoms with Gasteiger partial charge in [-0.1, -0.05) is 12.1 Å². The highest BCUT2D eigenvalue weighted by Gasteiger charge is 2.41. The van der Waals surface area contributed by atoms with Crippen molar-refractivity contribution >= 4 is 24.5 Å². The van der Waals surface area contributed by atoms with E-state index in [4.69, 9.17) is 29.3 Å². The van der Waals surface area contributed by atoms with Crippen LogP contribution >= 0.6 is 0 Å². The molecule has 2 saturated heterocycles. The van der Waals surface area contributed by atoms with Gasteiger partial charge >= 0.3 is 0 Å². The summed E-state index contributed by atoms with van der Waals surface area (Å²) >= 11 is 0. The van der Waals surface area contributed by atoms with Crippen LogP contribution in [0.25, 0.3) is 0 Å². The second kappa shape index (κ2) is 13.9. The molecule has 2 fully saturated rings. The van der Waals surface area contributed by atoms with E-state index in [0.29, 0.717) is 5.92 Å². The maximum Gasteiger partial charge on any atom is 0.290 e. The lowest BCUT2D eigenvalue weighted by molar-refractivity contribution is -0.127. The highest BCUT2D eigenvalue weighted by molar-refractivity contribution is 5.94. The van der Waals surface area contributed by atoms with Crippen molar-refractivity contribution in [2.45, 2.75) is 38.5 Å². The second-order valence-electron chi connectivity index (χ2n) is 7.87. The zero-order valence-corrected chi connectivity index (χ0v) is 19.3. The average Bonchev–Trinajstić information content (AvgIpc) is 3.25. The summed E-state index contributed by atoms with van der Waals surface area (Å²) in [6.07, 6.45) is 3.31. The number of nitrogens with one attached hydrogen (secondary N) is 1. The van der Waals surface area contributed by atoms with E-state index in [1.165, 1.54) is 5.56 Å². The Morgan fingerprint density at radius 2 is 2.00 bits per heavy atom. The molecule has 0 radical (unpaired) electrons. The lowest BCUT2D eigenvalue weighted by atomic mass is 9.91. The number of carbonyl (C=O) groups is 3.